The van der Waals surface area contributed by atoms with E-state index in [0.717, 1.165) is 37.0 Å². The Morgan fingerprint density at radius 2 is 1.73 bits per heavy atom. The van der Waals surface area contributed by atoms with Gasteiger partial charge in [0.2, 0.25) is 6.29 Å². The molecule has 216 valence electrons. The fraction of sp³-hybridized carbons (Fsp3) is 0.382. The molecule has 3 aromatic carbocycles. The van der Waals surface area contributed by atoms with Gasteiger partial charge in [0, 0.05) is 11.5 Å². The Hall–Kier alpha value is -2.76. The van der Waals surface area contributed by atoms with Crippen LogP contribution in [0.2, 0.25) is 0 Å². The number of rotatable bonds is 7. The third kappa shape index (κ3) is 6.22. The van der Waals surface area contributed by atoms with E-state index in [-0.39, 0.29) is 25.2 Å². The molecule has 7 heteroatoms. The molecule has 0 amide bonds. The van der Waals surface area contributed by atoms with Gasteiger partial charge in [0.25, 0.3) is 0 Å². The number of ether oxygens (including phenoxy) is 3. The van der Waals surface area contributed by atoms with Gasteiger partial charge in [0.1, 0.15) is 19.0 Å². The third-order valence-corrected chi connectivity index (χ3v) is 8.30. The topological polar surface area (TPSA) is 63.2 Å². The van der Waals surface area contributed by atoms with Crippen molar-refractivity contribution in [1.29, 1.82) is 0 Å². The molecule has 0 aromatic heterocycles. The van der Waals surface area contributed by atoms with Crippen LogP contribution in [0.3, 0.4) is 0 Å². The molecule has 6 rings (SSSR count). The first-order valence-electron chi connectivity index (χ1n) is 14.2. The van der Waals surface area contributed by atoms with E-state index in [0.29, 0.717) is 0 Å². The first-order valence-corrected chi connectivity index (χ1v) is 16.3. The zero-order chi connectivity index (χ0) is 28.8. The van der Waals surface area contributed by atoms with Crippen LogP contribution >= 0.6 is 0 Å². The van der Waals surface area contributed by atoms with Crippen LogP contribution in [-0.4, -0.2) is 36.5 Å². The second-order valence-electron chi connectivity index (χ2n) is 10.8. The van der Waals surface area contributed by atoms with Gasteiger partial charge in [-0.2, -0.15) is 0 Å². The van der Waals surface area contributed by atoms with Crippen molar-refractivity contribution < 1.29 is 48.1 Å². The van der Waals surface area contributed by atoms with E-state index < -0.39 is 17.9 Å². The van der Waals surface area contributed by atoms with Gasteiger partial charge in [-0.1, -0.05) is 60.7 Å². The minimum absolute atomic E-state index is 0.0377. The van der Waals surface area contributed by atoms with Gasteiger partial charge in [-0.05, 0) is 79.3 Å². The van der Waals surface area contributed by atoms with Crippen molar-refractivity contribution in [2.75, 3.05) is 13.2 Å². The molecule has 3 aliphatic rings. The monoisotopic (exact) mass is 725 g/mol. The van der Waals surface area contributed by atoms with E-state index in [2.05, 4.69) is 48.2 Å². The molecule has 0 spiro atoms. The fourth-order valence-corrected chi connectivity index (χ4v) is 6.39. The van der Waals surface area contributed by atoms with Gasteiger partial charge in [-0.3, -0.25) is 11.7 Å². The molecule has 4 atom stereocenters. The number of hydrogen-bond donors (Lipinski definition) is 0. The summed E-state index contributed by atoms with van der Waals surface area (Å²) in [6.45, 7) is 5.24. The Morgan fingerprint density at radius 3 is 2.54 bits per heavy atom. The van der Waals surface area contributed by atoms with Crippen molar-refractivity contribution in [3.8, 4) is 5.75 Å². The second-order valence-corrected chi connectivity index (χ2v) is 10.8. The number of aryl methyl sites for hydroxylation is 2. The Balaban J connectivity index is 0.00000165. The van der Waals surface area contributed by atoms with Crippen LogP contribution < -0.4 is 4.74 Å². The van der Waals surface area contributed by atoms with E-state index in [1.165, 1.54) is 60.0 Å². The van der Waals surface area contributed by atoms with Crippen molar-refractivity contribution in [2.24, 2.45) is 0 Å². The number of hydrogen-bond acceptors (Lipinski definition) is 6. The molecule has 6 nitrogen and oxygen atoms in total. The summed E-state index contributed by atoms with van der Waals surface area (Å²) in [4.78, 5) is 26.1. The van der Waals surface area contributed by atoms with Gasteiger partial charge < -0.3 is 14.2 Å². The second kappa shape index (κ2) is 13.5. The Morgan fingerprint density at radius 1 is 0.976 bits per heavy atom. The van der Waals surface area contributed by atoms with E-state index in [1.54, 1.807) is 0 Å². The molecule has 3 aromatic rings. The SMILES string of the molecule is [CH2-]C(=O)OCCOO[C@@](C)(c1ccccc1)C1Oc2ccc3c(c2[C@H]2c4ccccc4CCC2O1)CCCC3.[CH2]=[W]. The van der Waals surface area contributed by atoms with Gasteiger partial charge in [0.15, 0.2) is 11.6 Å². The molecule has 41 heavy (non-hydrogen) atoms. The number of carbonyl (C=O) groups excluding carboxylic acids is 1. The van der Waals surface area contributed by atoms with Crippen LogP contribution in [0.25, 0.3) is 0 Å². The molecular weight excluding hydrogens is 688 g/mol. The normalized spacial score (nSPS) is 22.0. The average Bonchev–Trinajstić information content (AvgIpc) is 3.20. The number of fused-ring (bicyclic) bond motifs is 7. The first-order chi connectivity index (χ1) is 20.0. The Labute approximate surface area is 253 Å². The summed E-state index contributed by atoms with van der Waals surface area (Å²) < 4.78 is 18.7. The van der Waals surface area contributed by atoms with Crippen molar-refractivity contribution in [3.05, 3.63) is 107 Å². The first kappa shape index (κ1) is 29.7. The van der Waals surface area contributed by atoms with Crippen molar-refractivity contribution >= 4 is 10.9 Å². The molecule has 0 saturated heterocycles. The zero-order valence-corrected chi connectivity index (χ0v) is 26.4. The van der Waals surface area contributed by atoms with Crippen LogP contribution in [0.15, 0.2) is 66.7 Å². The maximum absolute atomic E-state index is 11.1. The predicted octanol–water partition coefficient (Wildman–Crippen LogP) is 5.95. The van der Waals surface area contributed by atoms with E-state index >= 15 is 0 Å². The van der Waals surface area contributed by atoms with Crippen molar-refractivity contribution in [1.82, 2.24) is 0 Å². The zero-order valence-electron chi connectivity index (χ0n) is 23.5. The Kier molecular flexibility index (Phi) is 9.77. The van der Waals surface area contributed by atoms with Crippen LogP contribution in [0.1, 0.15) is 65.5 Å². The standard InChI is InChI=1S/C33H35O6.CH2.W/c1-22(34)35-20-21-36-39-33(2,25-12-4-3-5-13-25)32-37-28-18-16-23-10-6-8-14-26(23)30(28)31-27-15-9-7-11-24(27)17-19-29(31)38-32;;/h3-6,8,10,12-14,17,19,28,30,32H,1,7,9,11,15-16,18,20-21H2,2H3;1H2;/q-1;;/t28?,30-,32?,33-;;/m0../s1. The van der Waals surface area contributed by atoms with Crippen LogP contribution in [-0.2, 0) is 68.3 Å². The predicted molar refractivity (Wildman–Crippen MR) is 153 cm³/mol. The van der Waals surface area contributed by atoms with Crippen molar-refractivity contribution in [3.63, 3.8) is 0 Å². The number of benzene rings is 3. The summed E-state index contributed by atoms with van der Waals surface area (Å²) in [5.74, 6) is 0.324. The summed E-state index contributed by atoms with van der Waals surface area (Å²) >= 11 is 1.33. The molecule has 0 N–H and O–H groups in total. The van der Waals surface area contributed by atoms with Crippen molar-refractivity contribution in [2.45, 2.75) is 69.4 Å². The van der Waals surface area contributed by atoms with Gasteiger partial charge in [0.05, 0.1) is 6.10 Å². The summed E-state index contributed by atoms with van der Waals surface area (Å²) in [5.41, 5.74) is 6.58. The molecule has 0 radical (unpaired) electrons. The molecule has 0 saturated carbocycles. The van der Waals surface area contributed by atoms with Gasteiger partial charge >= 0.3 is 24.3 Å². The van der Waals surface area contributed by atoms with Gasteiger partial charge in [-0.25, -0.2) is 9.78 Å². The summed E-state index contributed by atoms with van der Waals surface area (Å²) in [5, 5.41) is 0. The Bertz CT molecular complexity index is 1340. The molecule has 1 aliphatic heterocycles. The van der Waals surface area contributed by atoms with E-state index in [4.69, 9.17) is 24.0 Å². The number of esters is 1. The molecule has 0 bridgehead atoms. The van der Waals surface area contributed by atoms with Crippen LogP contribution in [0.4, 0.5) is 0 Å². The third-order valence-electron chi connectivity index (χ3n) is 8.30. The molecular formula is C34H37O6W-. The molecule has 1 heterocycles. The molecule has 2 unspecified atom stereocenters. The summed E-state index contributed by atoms with van der Waals surface area (Å²) in [7, 11) is 0. The number of carbonyl (C=O) groups is 1. The quantitative estimate of drug-likeness (QED) is 0.0987. The minimum atomic E-state index is -1.10. The van der Waals surface area contributed by atoms with E-state index in [1.807, 2.05) is 37.3 Å². The molecule has 2 aliphatic carbocycles. The summed E-state index contributed by atoms with van der Waals surface area (Å²) in [6.07, 6.45) is 5.52. The summed E-state index contributed by atoms with van der Waals surface area (Å²) in [6, 6.07) is 22.9. The van der Waals surface area contributed by atoms with E-state index in [9.17, 15) is 4.79 Å². The van der Waals surface area contributed by atoms with Crippen LogP contribution in [0, 0.1) is 6.92 Å². The van der Waals surface area contributed by atoms with Gasteiger partial charge in [-0.15, -0.1) is 0 Å². The van der Waals surface area contributed by atoms with Crippen LogP contribution in [0.5, 0.6) is 5.75 Å². The maximum atomic E-state index is 11.1. The fourth-order valence-electron chi connectivity index (χ4n) is 6.39. The average molecular weight is 726 g/mol. The molecule has 0 fully saturated rings.